The number of unbranched alkanes of at least 4 members (excludes halogenated alkanes) is 1. The van der Waals surface area contributed by atoms with Crippen molar-refractivity contribution in [1.82, 2.24) is 25.4 Å². The second-order valence-corrected chi connectivity index (χ2v) is 8.06. The fourth-order valence-corrected chi connectivity index (χ4v) is 3.73. The van der Waals surface area contributed by atoms with E-state index in [1.54, 1.807) is 0 Å². The van der Waals surface area contributed by atoms with Gasteiger partial charge in [-0.05, 0) is 25.3 Å². The van der Waals surface area contributed by atoms with Crippen LogP contribution in [0.25, 0.3) is 0 Å². The first-order chi connectivity index (χ1) is 14.6. The summed E-state index contributed by atoms with van der Waals surface area (Å²) in [5, 5.41) is 15.6. The normalized spacial score (nSPS) is 16.6. The Morgan fingerprint density at radius 2 is 2.10 bits per heavy atom. The predicted octanol–water partition coefficient (Wildman–Crippen LogP) is 4.52. The Balaban J connectivity index is 0.00000341. The summed E-state index contributed by atoms with van der Waals surface area (Å²) < 4.78 is 7.81. The highest BCUT2D eigenvalue weighted by molar-refractivity contribution is 14.0. The Labute approximate surface area is 203 Å². The fourth-order valence-electron chi connectivity index (χ4n) is 3.73. The second kappa shape index (κ2) is 12.9. The highest BCUT2D eigenvalue weighted by Crippen LogP contribution is 2.31. The largest absolute Gasteiger partial charge is 0.493 e. The van der Waals surface area contributed by atoms with Crippen molar-refractivity contribution in [3.63, 3.8) is 0 Å². The van der Waals surface area contributed by atoms with Crippen LogP contribution in [-0.2, 0) is 13.6 Å². The smallest absolute Gasteiger partial charge is 0.192 e. The zero-order chi connectivity index (χ0) is 21.3. The first-order valence-corrected chi connectivity index (χ1v) is 11.2. The van der Waals surface area contributed by atoms with Crippen LogP contribution in [0, 0.1) is 12.8 Å². The summed E-state index contributed by atoms with van der Waals surface area (Å²) in [6.07, 6.45) is 5.83. The molecule has 2 atom stereocenters. The standard InChI is InChI=1S/C23H36N6O.HI/c1-5-7-10-18(6-2)15-24-23(25-16-22-28-27-17(3)29(22)4)26-20-13-14-30-21-12-9-8-11-19(20)21;/h8-9,11-12,18,20H,5-7,10,13-16H2,1-4H3,(H2,24,25,26);1H. The molecule has 1 aliphatic heterocycles. The summed E-state index contributed by atoms with van der Waals surface area (Å²) in [4.78, 5) is 4.85. The van der Waals surface area contributed by atoms with Crippen LogP contribution in [0.4, 0.5) is 0 Å². The number of hydrogen-bond donors (Lipinski definition) is 2. The molecule has 1 aromatic carbocycles. The summed E-state index contributed by atoms with van der Waals surface area (Å²) in [6, 6.07) is 8.43. The van der Waals surface area contributed by atoms with E-state index < -0.39 is 0 Å². The summed E-state index contributed by atoms with van der Waals surface area (Å²) in [7, 11) is 1.98. The molecule has 2 unspecified atom stereocenters. The van der Waals surface area contributed by atoms with Crippen molar-refractivity contribution in [2.75, 3.05) is 13.2 Å². The molecule has 172 valence electrons. The van der Waals surface area contributed by atoms with Crippen LogP contribution in [0.2, 0.25) is 0 Å². The number of fused-ring (bicyclic) bond motifs is 1. The number of nitrogens with zero attached hydrogens (tertiary/aromatic N) is 4. The molecule has 31 heavy (non-hydrogen) atoms. The van der Waals surface area contributed by atoms with E-state index in [1.807, 2.05) is 30.7 Å². The van der Waals surface area contributed by atoms with Gasteiger partial charge in [0.15, 0.2) is 11.8 Å². The quantitative estimate of drug-likeness (QED) is 0.278. The van der Waals surface area contributed by atoms with Crippen LogP contribution in [0.1, 0.15) is 69.2 Å². The molecule has 0 spiro atoms. The maximum absolute atomic E-state index is 5.82. The van der Waals surface area contributed by atoms with Gasteiger partial charge in [0.1, 0.15) is 18.1 Å². The highest BCUT2D eigenvalue weighted by atomic mass is 127. The van der Waals surface area contributed by atoms with Crippen molar-refractivity contribution in [2.45, 2.75) is 65.5 Å². The number of aromatic nitrogens is 3. The van der Waals surface area contributed by atoms with Crippen molar-refractivity contribution in [3.8, 4) is 5.75 Å². The van der Waals surface area contributed by atoms with Gasteiger partial charge < -0.3 is 19.9 Å². The van der Waals surface area contributed by atoms with E-state index in [4.69, 9.17) is 9.73 Å². The summed E-state index contributed by atoms with van der Waals surface area (Å²) in [6.45, 7) is 8.59. The molecule has 0 radical (unpaired) electrons. The zero-order valence-electron chi connectivity index (χ0n) is 19.2. The Hall–Kier alpha value is -1.84. The van der Waals surface area contributed by atoms with Crippen LogP contribution in [0.3, 0.4) is 0 Å². The van der Waals surface area contributed by atoms with Crippen molar-refractivity contribution in [2.24, 2.45) is 18.0 Å². The third kappa shape index (κ3) is 7.08. The lowest BCUT2D eigenvalue weighted by molar-refractivity contribution is 0.261. The molecule has 8 heteroatoms. The lowest BCUT2D eigenvalue weighted by Crippen LogP contribution is -2.43. The van der Waals surface area contributed by atoms with Gasteiger partial charge in [-0.1, -0.05) is 51.3 Å². The van der Waals surface area contributed by atoms with Crippen molar-refractivity contribution in [1.29, 1.82) is 0 Å². The SMILES string of the molecule is CCCCC(CC)CNC(=NCc1nnc(C)n1C)NC1CCOc2ccccc21.I. The molecule has 0 saturated carbocycles. The lowest BCUT2D eigenvalue weighted by Gasteiger charge is -2.28. The number of rotatable bonds is 9. The third-order valence-electron chi connectivity index (χ3n) is 5.93. The van der Waals surface area contributed by atoms with Gasteiger partial charge in [0, 0.05) is 25.6 Å². The highest BCUT2D eigenvalue weighted by Gasteiger charge is 2.22. The minimum absolute atomic E-state index is 0. The minimum atomic E-state index is 0. The molecule has 0 bridgehead atoms. The number of nitrogens with one attached hydrogen (secondary N) is 2. The number of ether oxygens (including phenoxy) is 1. The predicted molar refractivity (Wildman–Crippen MR) is 136 cm³/mol. The van der Waals surface area contributed by atoms with Crippen LogP contribution in [0.5, 0.6) is 5.75 Å². The second-order valence-electron chi connectivity index (χ2n) is 8.06. The molecule has 2 heterocycles. The van der Waals surface area contributed by atoms with E-state index in [0.717, 1.165) is 36.3 Å². The molecular weight excluding hydrogens is 503 g/mol. The number of hydrogen-bond acceptors (Lipinski definition) is 4. The number of guanidine groups is 1. The Morgan fingerprint density at radius 3 is 2.81 bits per heavy atom. The van der Waals surface area contributed by atoms with E-state index in [0.29, 0.717) is 19.1 Å². The fraction of sp³-hybridized carbons (Fsp3) is 0.609. The van der Waals surface area contributed by atoms with Crippen LogP contribution in [0.15, 0.2) is 29.3 Å². The van der Waals surface area contributed by atoms with Gasteiger partial charge in [-0.15, -0.1) is 34.2 Å². The zero-order valence-corrected chi connectivity index (χ0v) is 21.6. The Bertz CT molecular complexity index is 837. The van der Waals surface area contributed by atoms with E-state index >= 15 is 0 Å². The van der Waals surface area contributed by atoms with Gasteiger partial charge in [-0.2, -0.15) is 0 Å². The van der Waals surface area contributed by atoms with Crippen LogP contribution >= 0.6 is 24.0 Å². The van der Waals surface area contributed by atoms with Gasteiger partial charge in [-0.25, -0.2) is 4.99 Å². The molecular formula is C23H37IN6O. The minimum Gasteiger partial charge on any atom is -0.493 e. The van der Waals surface area contributed by atoms with E-state index in [2.05, 4.69) is 46.8 Å². The Kier molecular flexibility index (Phi) is 10.6. The number of aryl methyl sites for hydroxylation is 1. The Morgan fingerprint density at radius 1 is 1.29 bits per heavy atom. The molecule has 1 aromatic heterocycles. The molecule has 0 amide bonds. The van der Waals surface area contributed by atoms with Crippen molar-refractivity contribution >= 4 is 29.9 Å². The lowest BCUT2D eigenvalue weighted by atomic mass is 9.99. The summed E-state index contributed by atoms with van der Waals surface area (Å²) >= 11 is 0. The van der Waals surface area contributed by atoms with Crippen molar-refractivity contribution in [3.05, 3.63) is 41.5 Å². The molecule has 2 N–H and O–H groups in total. The molecule has 0 aliphatic carbocycles. The molecule has 7 nitrogen and oxygen atoms in total. The van der Waals surface area contributed by atoms with Crippen molar-refractivity contribution < 1.29 is 4.74 Å². The number of aliphatic imine (C=N–C) groups is 1. The summed E-state index contributed by atoms with van der Waals surface area (Å²) in [5.41, 5.74) is 1.19. The topological polar surface area (TPSA) is 76.4 Å². The van der Waals surface area contributed by atoms with Gasteiger partial charge in [0.25, 0.3) is 0 Å². The van der Waals surface area contributed by atoms with Gasteiger partial charge in [-0.3, -0.25) is 0 Å². The number of halogens is 1. The maximum Gasteiger partial charge on any atom is 0.192 e. The third-order valence-corrected chi connectivity index (χ3v) is 5.93. The number of benzene rings is 1. The first kappa shape index (κ1) is 25.4. The average molecular weight is 540 g/mol. The van der Waals surface area contributed by atoms with E-state index in [-0.39, 0.29) is 30.0 Å². The monoisotopic (exact) mass is 540 g/mol. The van der Waals surface area contributed by atoms with Gasteiger partial charge >= 0.3 is 0 Å². The van der Waals surface area contributed by atoms with Crippen LogP contribution in [-0.4, -0.2) is 33.9 Å². The molecule has 0 fully saturated rings. The van der Waals surface area contributed by atoms with E-state index in [9.17, 15) is 0 Å². The summed E-state index contributed by atoms with van der Waals surface area (Å²) in [5.74, 6) is 4.19. The van der Waals surface area contributed by atoms with E-state index in [1.165, 1.54) is 31.2 Å². The number of para-hydroxylation sites is 1. The molecule has 1 aliphatic rings. The van der Waals surface area contributed by atoms with Crippen LogP contribution < -0.4 is 15.4 Å². The average Bonchev–Trinajstić information content (AvgIpc) is 3.09. The molecule has 0 saturated heterocycles. The molecule has 2 aromatic rings. The molecule has 3 rings (SSSR count). The maximum atomic E-state index is 5.82. The van der Waals surface area contributed by atoms with Gasteiger partial charge in [0.2, 0.25) is 0 Å². The van der Waals surface area contributed by atoms with Gasteiger partial charge in [0.05, 0.1) is 12.6 Å². The first-order valence-electron chi connectivity index (χ1n) is 11.2.